The Morgan fingerprint density at radius 3 is 2.62 bits per heavy atom. The molecular weight excluding hydrogens is 506 g/mol. The van der Waals surface area contributed by atoms with E-state index in [1.54, 1.807) is 59.1 Å². The van der Waals surface area contributed by atoms with Crippen molar-refractivity contribution in [1.29, 1.82) is 5.26 Å². The summed E-state index contributed by atoms with van der Waals surface area (Å²) in [7, 11) is 1.74. The number of primary amides is 1. The molecule has 0 spiro atoms. The van der Waals surface area contributed by atoms with Crippen molar-refractivity contribution in [2.45, 2.75) is 25.3 Å². The Labute approximate surface area is 231 Å². The molecule has 0 bridgehead atoms. The van der Waals surface area contributed by atoms with Gasteiger partial charge in [0.1, 0.15) is 11.9 Å². The molecule has 0 radical (unpaired) electrons. The Hall–Kier alpha value is -5.24. The second-order valence-electron chi connectivity index (χ2n) is 9.37. The largest absolute Gasteiger partial charge is 0.370 e. The first-order chi connectivity index (χ1) is 19.3. The lowest BCUT2D eigenvalue weighted by molar-refractivity contribution is -0.121. The maximum Gasteiger partial charge on any atom is 0.253 e. The van der Waals surface area contributed by atoms with E-state index in [1.165, 1.54) is 0 Å². The van der Waals surface area contributed by atoms with Crippen LogP contribution in [0.25, 0.3) is 22.4 Å². The maximum absolute atomic E-state index is 13.3. The predicted octanol–water partition coefficient (Wildman–Crippen LogP) is 2.36. The van der Waals surface area contributed by atoms with Crippen LogP contribution in [-0.2, 0) is 11.2 Å². The highest BCUT2D eigenvalue weighted by molar-refractivity contribution is 5.98. The molecule has 2 aromatic heterocycles. The number of rotatable bonds is 11. The molecule has 0 aliphatic carbocycles. The number of imidazole rings is 1. The molecule has 0 aliphatic rings. The maximum atomic E-state index is 13.3. The molecule has 0 unspecified atom stereocenters. The van der Waals surface area contributed by atoms with E-state index in [0.717, 1.165) is 5.69 Å². The third-order valence-electron chi connectivity index (χ3n) is 6.53. The van der Waals surface area contributed by atoms with E-state index in [0.29, 0.717) is 65.9 Å². The summed E-state index contributed by atoms with van der Waals surface area (Å²) in [6.07, 6.45) is 3.21. The average molecular weight is 538 g/mol. The predicted molar refractivity (Wildman–Crippen MR) is 153 cm³/mol. The van der Waals surface area contributed by atoms with Gasteiger partial charge in [-0.15, -0.1) is 0 Å². The van der Waals surface area contributed by atoms with Gasteiger partial charge in [-0.25, -0.2) is 4.98 Å². The highest BCUT2D eigenvalue weighted by Crippen LogP contribution is 2.31. The number of nitrogens with two attached hydrogens (primary N) is 3. The van der Waals surface area contributed by atoms with E-state index in [4.69, 9.17) is 22.2 Å². The number of aliphatic imine (C=N–C) groups is 1. The van der Waals surface area contributed by atoms with E-state index >= 15 is 0 Å². The third kappa shape index (κ3) is 6.42. The van der Waals surface area contributed by atoms with Crippen LogP contribution in [0.2, 0.25) is 0 Å². The smallest absolute Gasteiger partial charge is 0.253 e. The van der Waals surface area contributed by atoms with Gasteiger partial charge in [-0.1, -0.05) is 18.2 Å². The summed E-state index contributed by atoms with van der Waals surface area (Å²) >= 11 is 0. The van der Waals surface area contributed by atoms with Gasteiger partial charge in [0.15, 0.2) is 5.96 Å². The van der Waals surface area contributed by atoms with Crippen LogP contribution >= 0.6 is 0 Å². The van der Waals surface area contributed by atoms with Crippen molar-refractivity contribution < 1.29 is 9.59 Å². The molecule has 2 amide bonds. The summed E-state index contributed by atoms with van der Waals surface area (Å²) in [4.78, 5) is 40.7. The number of amides is 2. The molecule has 11 nitrogen and oxygen atoms in total. The van der Waals surface area contributed by atoms with E-state index in [1.807, 2.05) is 24.3 Å². The van der Waals surface area contributed by atoms with Crippen LogP contribution in [0.15, 0.2) is 71.9 Å². The lowest BCUT2D eigenvalue weighted by Crippen LogP contribution is -2.29. The van der Waals surface area contributed by atoms with Crippen molar-refractivity contribution in [1.82, 2.24) is 19.4 Å². The van der Waals surface area contributed by atoms with Crippen molar-refractivity contribution in [3.8, 4) is 17.5 Å². The Morgan fingerprint density at radius 2 is 1.93 bits per heavy atom. The Morgan fingerprint density at radius 1 is 1.10 bits per heavy atom. The van der Waals surface area contributed by atoms with Crippen molar-refractivity contribution in [2.75, 3.05) is 20.1 Å². The topological polar surface area (TPSA) is 182 Å². The molecule has 11 heteroatoms. The number of carbonyl (C=O) groups excluding carboxylic acids is 2. The number of hydrogen-bond acceptors (Lipinski definition) is 6. The molecular formula is C29H31N9O2. The molecule has 2 aromatic carbocycles. The number of aromatic nitrogens is 3. The van der Waals surface area contributed by atoms with E-state index in [2.05, 4.69) is 16.0 Å². The lowest BCUT2D eigenvalue weighted by Gasteiger charge is -2.19. The minimum atomic E-state index is -0.762. The SMILES string of the molecule is CN(CCc1ccccn1)C(=O)c1ccc2c(c1)nc(-c1cccc(C#N)c1)n2[C@H](CCCN=C(N)N)C(N)=O. The number of likely N-dealkylation sites (N-methyl/N-ethyl adjacent to an activating group) is 1. The zero-order valence-electron chi connectivity index (χ0n) is 22.2. The summed E-state index contributed by atoms with van der Waals surface area (Å²) in [5.41, 5.74) is 20.4. The van der Waals surface area contributed by atoms with Gasteiger partial charge >= 0.3 is 0 Å². The number of fused-ring (bicyclic) bond motifs is 1. The van der Waals surface area contributed by atoms with Gasteiger partial charge in [-0.05, 0) is 55.3 Å². The average Bonchev–Trinajstić information content (AvgIpc) is 3.34. The van der Waals surface area contributed by atoms with Crippen LogP contribution in [-0.4, -0.2) is 57.3 Å². The monoisotopic (exact) mass is 537 g/mol. The molecule has 0 saturated heterocycles. The first kappa shape index (κ1) is 27.8. The Balaban J connectivity index is 1.71. The van der Waals surface area contributed by atoms with Gasteiger partial charge in [-0.3, -0.25) is 19.6 Å². The van der Waals surface area contributed by atoms with Crippen LogP contribution in [0.3, 0.4) is 0 Å². The summed E-state index contributed by atoms with van der Waals surface area (Å²) in [6, 6.07) is 19.2. The van der Waals surface area contributed by atoms with Crippen LogP contribution < -0.4 is 17.2 Å². The first-order valence-electron chi connectivity index (χ1n) is 12.8. The molecule has 0 aliphatic heterocycles. The molecule has 40 heavy (non-hydrogen) atoms. The van der Waals surface area contributed by atoms with Crippen molar-refractivity contribution in [3.05, 3.63) is 83.7 Å². The Kier molecular flexibility index (Phi) is 8.71. The molecule has 1 atom stereocenters. The zero-order chi connectivity index (χ0) is 28.6. The molecule has 6 N–H and O–H groups in total. The van der Waals surface area contributed by atoms with Crippen molar-refractivity contribution in [3.63, 3.8) is 0 Å². The van der Waals surface area contributed by atoms with E-state index in [9.17, 15) is 14.9 Å². The lowest BCUT2D eigenvalue weighted by atomic mass is 10.1. The molecule has 2 heterocycles. The number of benzene rings is 2. The normalized spacial score (nSPS) is 11.5. The van der Waals surface area contributed by atoms with Crippen LogP contribution in [0.5, 0.6) is 0 Å². The number of guanidine groups is 1. The second kappa shape index (κ2) is 12.5. The van der Waals surface area contributed by atoms with Gasteiger partial charge in [0.2, 0.25) is 5.91 Å². The van der Waals surface area contributed by atoms with Crippen molar-refractivity contribution >= 4 is 28.8 Å². The quantitative estimate of drug-likeness (QED) is 0.149. The summed E-state index contributed by atoms with van der Waals surface area (Å²) in [5, 5.41) is 9.44. The van der Waals surface area contributed by atoms with Crippen LogP contribution in [0.1, 0.15) is 40.5 Å². The number of hydrogen-bond donors (Lipinski definition) is 3. The summed E-state index contributed by atoms with van der Waals surface area (Å²) < 4.78 is 1.77. The fourth-order valence-electron chi connectivity index (χ4n) is 4.52. The fraction of sp³-hybridized carbons (Fsp3) is 0.241. The molecule has 4 rings (SSSR count). The van der Waals surface area contributed by atoms with E-state index < -0.39 is 11.9 Å². The van der Waals surface area contributed by atoms with Gasteiger partial charge in [0, 0.05) is 49.6 Å². The minimum Gasteiger partial charge on any atom is -0.370 e. The van der Waals surface area contributed by atoms with Crippen LogP contribution in [0.4, 0.5) is 0 Å². The zero-order valence-corrected chi connectivity index (χ0v) is 22.2. The molecule has 204 valence electrons. The van der Waals surface area contributed by atoms with E-state index in [-0.39, 0.29) is 11.9 Å². The molecule has 4 aromatic rings. The van der Waals surface area contributed by atoms with Gasteiger partial charge in [-0.2, -0.15) is 5.26 Å². The Bertz CT molecular complexity index is 1580. The first-order valence-corrected chi connectivity index (χ1v) is 12.8. The molecule has 0 saturated carbocycles. The number of carbonyl (C=O) groups is 2. The van der Waals surface area contributed by atoms with Crippen LogP contribution in [0, 0.1) is 11.3 Å². The fourth-order valence-corrected chi connectivity index (χ4v) is 4.52. The third-order valence-corrected chi connectivity index (χ3v) is 6.53. The summed E-state index contributed by atoms with van der Waals surface area (Å²) in [5.74, 6) is -0.272. The number of nitrogens with zero attached hydrogens (tertiary/aromatic N) is 6. The van der Waals surface area contributed by atoms with Gasteiger partial charge in [0.05, 0.1) is 22.7 Å². The standard InChI is InChI=1S/C29H31N9O2/c1-37(15-12-22-8-2-3-13-34-22)28(40)21-10-11-24-23(17-21)36-27(20-7-4-6-19(16-20)18-30)38(24)25(26(31)39)9-5-14-35-29(32)33/h2-4,6-8,10-11,13,16-17,25H,5,9,12,14-15H2,1H3,(H2,31,39)(H4,32,33,35)/t25-/m1/s1. The second-order valence-corrected chi connectivity index (χ2v) is 9.37. The summed E-state index contributed by atoms with van der Waals surface area (Å²) in [6.45, 7) is 0.829. The molecule has 0 fully saturated rings. The highest BCUT2D eigenvalue weighted by Gasteiger charge is 2.25. The van der Waals surface area contributed by atoms with Gasteiger partial charge < -0.3 is 26.7 Å². The number of pyridine rings is 1. The van der Waals surface area contributed by atoms with Crippen molar-refractivity contribution in [2.24, 2.45) is 22.2 Å². The highest BCUT2D eigenvalue weighted by atomic mass is 16.2. The number of nitriles is 1. The van der Waals surface area contributed by atoms with Gasteiger partial charge in [0.25, 0.3) is 5.91 Å². The minimum absolute atomic E-state index is 0.0279.